The summed E-state index contributed by atoms with van der Waals surface area (Å²) in [6, 6.07) is 4.80. The van der Waals surface area contributed by atoms with Crippen molar-refractivity contribution in [3.05, 3.63) is 52.3 Å². The first kappa shape index (κ1) is 11.0. The number of hydrogen-bond acceptors (Lipinski definition) is 2. The van der Waals surface area contributed by atoms with Gasteiger partial charge >= 0.3 is 0 Å². The summed E-state index contributed by atoms with van der Waals surface area (Å²) >= 11 is 3.18. The van der Waals surface area contributed by atoms with Crippen molar-refractivity contribution in [2.24, 2.45) is 0 Å². The Hall–Kier alpha value is -1.49. The first-order valence-electron chi connectivity index (χ1n) is 4.61. The Morgan fingerprint density at radius 3 is 3.06 bits per heavy atom. The largest absolute Gasteiger partial charge is 0.324 e. The van der Waals surface area contributed by atoms with E-state index in [4.69, 9.17) is 0 Å². The molecule has 0 saturated carbocycles. The summed E-state index contributed by atoms with van der Waals surface area (Å²) in [5, 5.41) is 0. The monoisotopic (exact) mass is 282 g/mol. The number of rotatable bonds is 3. The fraction of sp³-hybridized carbons (Fsp3) is 0.0909. The minimum Gasteiger partial charge on any atom is -0.324 e. The first-order valence-corrected chi connectivity index (χ1v) is 5.41. The van der Waals surface area contributed by atoms with Gasteiger partial charge in [-0.25, -0.2) is 9.37 Å². The van der Waals surface area contributed by atoms with Gasteiger partial charge in [0.05, 0.1) is 11.0 Å². The molecule has 2 rings (SSSR count). The SMILES string of the molecule is O=Cc1nccn1Cc1cccc(F)c1Br. The van der Waals surface area contributed by atoms with E-state index >= 15 is 0 Å². The summed E-state index contributed by atoms with van der Waals surface area (Å²) in [4.78, 5) is 14.5. The second-order valence-electron chi connectivity index (χ2n) is 3.24. The summed E-state index contributed by atoms with van der Waals surface area (Å²) < 4.78 is 15.3. The maximum Gasteiger partial charge on any atom is 0.185 e. The molecular formula is C11H8BrFN2O. The third kappa shape index (κ3) is 2.04. The molecule has 0 saturated heterocycles. The van der Waals surface area contributed by atoms with E-state index in [1.54, 1.807) is 22.9 Å². The molecule has 0 amide bonds. The molecule has 1 heterocycles. The van der Waals surface area contributed by atoms with Gasteiger partial charge in [-0.05, 0) is 27.6 Å². The number of halogens is 2. The lowest BCUT2D eigenvalue weighted by molar-refractivity contribution is 0.111. The van der Waals surface area contributed by atoms with Gasteiger partial charge in [-0.15, -0.1) is 0 Å². The van der Waals surface area contributed by atoms with Crippen molar-refractivity contribution in [3.8, 4) is 0 Å². The second kappa shape index (κ2) is 4.57. The topological polar surface area (TPSA) is 34.9 Å². The summed E-state index contributed by atoms with van der Waals surface area (Å²) in [7, 11) is 0. The van der Waals surface area contributed by atoms with Gasteiger partial charge in [0.1, 0.15) is 5.82 Å². The van der Waals surface area contributed by atoms with Crippen LogP contribution in [0.3, 0.4) is 0 Å². The standard InChI is InChI=1S/C11H8BrFN2O/c12-11-8(2-1-3-9(11)13)6-15-5-4-14-10(15)7-16/h1-5,7H,6H2. The molecule has 0 unspecified atom stereocenters. The molecule has 0 aliphatic heterocycles. The van der Waals surface area contributed by atoms with E-state index in [0.717, 1.165) is 5.56 Å². The van der Waals surface area contributed by atoms with Crippen LogP contribution in [0, 0.1) is 5.82 Å². The number of nitrogens with zero attached hydrogens (tertiary/aromatic N) is 2. The van der Waals surface area contributed by atoms with E-state index in [0.29, 0.717) is 23.1 Å². The van der Waals surface area contributed by atoms with Gasteiger partial charge in [0, 0.05) is 12.4 Å². The second-order valence-corrected chi connectivity index (χ2v) is 4.04. The highest BCUT2D eigenvalue weighted by Crippen LogP contribution is 2.21. The molecule has 0 N–H and O–H groups in total. The average Bonchev–Trinajstić information content (AvgIpc) is 2.72. The van der Waals surface area contributed by atoms with Crippen LogP contribution in [0.15, 0.2) is 35.1 Å². The lowest BCUT2D eigenvalue weighted by Crippen LogP contribution is -2.04. The van der Waals surface area contributed by atoms with Crippen molar-refractivity contribution in [2.75, 3.05) is 0 Å². The number of hydrogen-bond donors (Lipinski definition) is 0. The molecule has 16 heavy (non-hydrogen) atoms. The zero-order valence-corrected chi connectivity index (χ0v) is 9.82. The van der Waals surface area contributed by atoms with Crippen LogP contribution < -0.4 is 0 Å². The van der Waals surface area contributed by atoms with E-state index < -0.39 is 0 Å². The fourth-order valence-corrected chi connectivity index (χ4v) is 1.82. The highest BCUT2D eigenvalue weighted by molar-refractivity contribution is 9.10. The van der Waals surface area contributed by atoms with Gasteiger partial charge in [-0.3, -0.25) is 4.79 Å². The van der Waals surface area contributed by atoms with E-state index in [1.165, 1.54) is 12.3 Å². The third-order valence-electron chi connectivity index (χ3n) is 2.23. The molecule has 0 atom stereocenters. The summed E-state index contributed by atoms with van der Waals surface area (Å²) in [5.74, 6) is 0.0152. The van der Waals surface area contributed by atoms with Gasteiger partial charge in [0.2, 0.25) is 0 Å². The highest BCUT2D eigenvalue weighted by atomic mass is 79.9. The molecule has 0 radical (unpaired) electrons. The predicted molar refractivity (Wildman–Crippen MR) is 60.8 cm³/mol. The number of benzene rings is 1. The zero-order valence-electron chi connectivity index (χ0n) is 8.23. The van der Waals surface area contributed by atoms with Gasteiger partial charge in [0.15, 0.2) is 12.1 Å². The van der Waals surface area contributed by atoms with E-state index in [9.17, 15) is 9.18 Å². The Labute approximate surface area is 100 Å². The van der Waals surface area contributed by atoms with Gasteiger partial charge in [-0.1, -0.05) is 12.1 Å². The van der Waals surface area contributed by atoms with Crippen LogP contribution in [0.4, 0.5) is 4.39 Å². The molecule has 0 spiro atoms. The van der Waals surface area contributed by atoms with Crippen molar-refractivity contribution in [3.63, 3.8) is 0 Å². The number of imidazole rings is 1. The minimum atomic E-state index is -0.315. The number of carbonyl (C=O) groups excluding carboxylic acids is 1. The molecule has 0 fully saturated rings. The van der Waals surface area contributed by atoms with Crippen molar-refractivity contribution in [1.29, 1.82) is 0 Å². The molecule has 5 heteroatoms. The van der Waals surface area contributed by atoms with Crippen LogP contribution in [-0.2, 0) is 6.54 Å². The molecule has 82 valence electrons. The van der Waals surface area contributed by atoms with E-state index in [-0.39, 0.29) is 5.82 Å². The quantitative estimate of drug-likeness (QED) is 0.812. The van der Waals surface area contributed by atoms with Crippen LogP contribution in [0.1, 0.15) is 16.2 Å². The first-order chi connectivity index (χ1) is 7.72. The van der Waals surface area contributed by atoms with Crippen LogP contribution in [0.25, 0.3) is 0 Å². The number of carbonyl (C=O) groups is 1. The number of aldehydes is 1. The van der Waals surface area contributed by atoms with Gasteiger partial charge in [-0.2, -0.15) is 0 Å². The Kier molecular flexibility index (Phi) is 3.14. The molecule has 1 aromatic heterocycles. The molecule has 0 aliphatic rings. The molecule has 0 bridgehead atoms. The van der Waals surface area contributed by atoms with Gasteiger partial charge in [0.25, 0.3) is 0 Å². The lowest BCUT2D eigenvalue weighted by atomic mass is 10.2. The molecular weight excluding hydrogens is 275 g/mol. The average molecular weight is 283 g/mol. The van der Waals surface area contributed by atoms with Crippen molar-refractivity contribution in [2.45, 2.75) is 6.54 Å². The Bertz CT molecular complexity index is 524. The molecule has 1 aromatic carbocycles. The van der Waals surface area contributed by atoms with Crippen LogP contribution >= 0.6 is 15.9 Å². The smallest absolute Gasteiger partial charge is 0.185 e. The summed E-state index contributed by atoms with van der Waals surface area (Å²) in [5.41, 5.74) is 0.765. The Morgan fingerprint density at radius 1 is 1.50 bits per heavy atom. The van der Waals surface area contributed by atoms with E-state index in [2.05, 4.69) is 20.9 Å². The molecule has 2 aromatic rings. The van der Waals surface area contributed by atoms with Gasteiger partial charge < -0.3 is 4.57 Å². The zero-order chi connectivity index (χ0) is 11.5. The predicted octanol–water partition coefficient (Wildman–Crippen LogP) is 2.65. The fourth-order valence-electron chi connectivity index (χ4n) is 1.43. The molecule has 0 aliphatic carbocycles. The minimum absolute atomic E-state index is 0.315. The van der Waals surface area contributed by atoms with Crippen LogP contribution in [0.5, 0.6) is 0 Å². The molecule has 3 nitrogen and oxygen atoms in total. The van der Waals surface area contributed by atoms with E-state index in [1.807, 2.05) is 0 Å². The Balaban J connectivity index is 2.34. The third-order valence-corrected chi connectivity index (χ3v) is 3.11. The van der Waals surface area contributed by atoms with Crippen LogP contribution in [0.2, 0.25) is 0 Å². The van der Waals surface area contributed by atoms with Crippen molar-refractivity contribution < 1.29 is 9.18 Å². The number of aromatic nitrogens is 2. The maximum absolute atomic E-state index is 13.2. The lowest BCUT2D eigenvalue weighted by Gasteiger charge is -2.07. The van der Waals surface area contributed by atoms with Crippen molar-refractivity contribution in [1.82, 2.24) is 9.55 Å². The van der Waals surface area contributed by atoms with Crippen LogP contribution in [-0.4, -0.2) is 15.8 Å². The summed E-state index contributed by atoms with van der Waals surface area (Å²) in [6.45, 7) is 0.409. The maximum atomic E-state index is 13.2. The normalized spacial score (nSPS) is 10.4. The van der Waals surface area contributed by atoms with Crippen molar-refractivity contribution >= 4 is 22.2 Å². The Morgan fingerprint density at radius 2 is 2.31 bits per heavy atom. The summed E-state index contributed by atoms with van der Waals surface area (Å²) in [6.07, 6.45) is 3.89. The highest BCUT2D eigenvalue weighted by Gasteiger charge is 2.07.